The van der Waals surface area contributed by atoms with Crippen molar-refractivity contribution in [2.75, 3.05) is 0 Å². The Labute approximate surface area is 102 Å². The zero-order chi connectivity index (χ0) is 13.2. The van der Waals surface area contributed by atoms with E-state index in [9.17, 15) is 14.7 Å². The van der Waals surface area contributed by atoms with Crippen molar-refractivity contribution < 1.29 is 14.7 Å². The summed E-state index contributed by atoms with van der Waals surface area (Å²) in [6, 6.07) is -0.0984. The number of carbonyl (C=O) groups is 2. The minimum atomic E-state index is -0.923. The molecule has 1 saturated carbocycles. The molecule has 0 aromatic carbocycles. The average molecular weight is 242 g/mol. The van der Waals surface area contributed by atoms with Crippen molar-refractivity contribution in [2.45, 2.75) is 58.0 Å². The third kappa shape index (κ3) is 3.35. The van der Waals surface area contributed by atoms with Crippen LogP contribution in [0.2, 0.25) is 0 Å². The van der Waals surface area contributed by atoms with Gasteiger partial charge in [-0.1, -0.05) is 6.42 Å². The molecule has 0 unspecified atom stereocenters. The van der Waals surface area contributed by atoms with Crippen molar-refractivity contribution in [3.8, 4) is 0 Å². The number of rotatable bonds is 2. The fourth-order valence-electron chi connectivity index (χ4n) is 2.65. The Morgan fingerprint density at radius 3 is 2.29 bits per heavy atom. The number of hydrogen-bond donors (Lipinski definition) is 2. The summed E-state index contributed by atoms with van der Waals surface area (Å²) in [6.45, 7) is 5.61. The molecule has 1 fully saturated rings. The molecule has 0 bridgehead atoms. The Kier molecular flexibility index (Phi) is 4.01. The van der Waals surface area contributed by atoms with Crippen LogP contribution < -0.4 is 5.73 Å². The number of carboxylic acid groups (broad SMARTS) is 1. The number of nitrogens with zero attached hydrogens (tertiary/aromatic N) is 1. The summed E-state index contributed by atoms with van der Waals surface area (Å²) in [6.07, 6.45) is 2.08. The second-order valence-corrected chi connectivity index (χ2v) is 5.74. The van der Waals surface area contributed by atoms with Crippen LogP contribution in [-0.2, 0) is 4.79 Å². The number of nitrogens with two attached hydrogens (primary N) is 1. The van der Waals surface area contributed by atoms with E-state index in [0.29, 0.717) is 6.42 Å². The summed E-state index contributed by atoms with van der Waals surface area (Å²) >= 11 is 0. The van der Waals surface area contributed by atoms with Crippen molar-refractivity contribution in [3.63, 3.8) is 0 Å². The lowest BCUT2D eigenvalue weighted by atomic mass is 9.83. The van der Waals surface area contributed by atoms with Gasteiger partial charge >= 0.3 is 6.09 Å². The fourth-order valence-corrected chi connectivity index (χ4v) is 2.65. The first-order valence-electron chi connectivity index (χ1n) is 6.05. The van der Waals surface area contributed by atoms with Crippen LogP contribution in [0.5, 0.6) is 0 Å². The molecule has 2 amide bonds. The highest BCUT2D eigenvalue weighted by molar-refractivity contribution is 5.77. The third-order valence-corrected chi connectivity index (χ3v) is 3.34. The minimum absolute atomic E-state index is 0.0984. The van der Waals surface area contributed by atoms with Crippen LogP contribution in [0.1, 0.15) is 46.5 Å². The first-order chi connectivity index (χ1) is 7.73. The number of primary amides is 1. The Balaban J connectivity index is 2.82. The zero-order valence-corrected chi connectivity index (χ0v) is 10.8. The van der Waals surface area contributed by atoms with Gasteiger partial charge in [-0.3, -0.25) is 4.79 Å². The largest absolute Gasteiger partial charge is 0.465 e. The molecule has 0 saturated heterocycles. The summed E-state index contributed by atoms with van der Waals surface area (Å²) < 4.78 is 0. The van der Waals surface area contributed by atoms with E-state index in [-0.39, 0.29) is 17.9 Å². The van der Waals surface area contributed by atoms with E-state index < -0.39 is 11.6 Å². The van der Waals surface area contributed by atoms with Crippen LogP contribution in [0.25, 0.3) is 0 Å². The molecule has 0 radical (unpaired) electrons. The highest BCUT2D eigenvalue weighted by Crippen LogP contribution is 2.31. The third-order valence-electron chi connectivity index (χ3n) is 3.34. The van der Waals surface area contributed by atoms with Crippen molar-refractivity contribution >= 4 is 12.0 Å². The molecule has 1 aliphatic carbocycles. The topological polar surface area (TPSA) is 83.6 Å². The monoisotopic (exact) mass is 242 g/mol. The number of carbonyl (C=O) groups excluding carboxylic acids is 1. The lowest BCUT2D eigenvalue weighted by Gasteiger charge is -2.42. The molecule has 1 rings (SSSR count). The van der Waals surface area contributed by atoms with Gasteiger partial charge in [0.25, 0.3) is 0 Å². The quantitative estimate of drug-likeness (QED) is 0.774. The molecule has 0 aromatic heterocycles. The number of hydrogen-bond acceptors (Lipinski definition) is 2. The van der Waals surface area contributed by atoms with E-state index >= 15 is 0 Å². The molecular formula is C12H22N2O3. The van der Waals surface area contributed by atoms with Crippen LogP contribution in [0, 0.1) is 5.92 Å². The van der Waals surface area contributed by atoms with Crippen LogP contribution in [0.3, 0.4) is 0 Å². The van der Waals surface area contributed by atoms with E-state index in [4.69, 9.17) is 5.73 Å². The molecule has 98 valence electrons. The second kappa shape index (κ2) is 4.94. The Bertz CT molecular complexity index is 309. The van der Waals surface area contributed by atoms with Gasteiger partial charge in [0, 0.05) is 17.5 Å². The van der Waals surface area contributed by atoms with Crippen molar-refractivity contribution in [3.05, 3.63) is 0 Å². The first-order valence-corrected chi connectivity index (χ1v) is 6.05. The highest BCUT2D eigenvalue weighted by atomic mass is 16.4. The first kappa shape index (κ1) is 13.8. The second-order valence-electron chi connectivity index (χ2n) is 5.74. The molecule has 17 heavy (non-hydrogen) atoms. The summed E-state index contributed by atoms with van der Waals surface area (Å²) in [7, 11) is 0. The van der Waals surface area contributed by atoms with E-state index in [1.807, 2.05) is 20.8 Å². The van der Waals surface area contributed by atoms with E-state index in [1.54, 1.807) is 0 Å². The van der Waals surface area contributed by atoms with E-state index in [2.05, 4.69) is 0 Å². The molecule has 2 atom stereocenters. The van der Waals surface area contributed by atoms with Gasteiger partial charge in [-0.05, 0) is 40.0 Å². The van der Waals surface area contributed by atoms with Crippen LogP contribution in [-0.4, -0.2) is 33.6 Å². The Morgan fingerprint density at radius 1 is 1.29 bits per heavy atom. The minimum Gasteiger partial charge on any atom is -0.465 e. The molecule has 0 aromatic rings. The lowest BCUT2D eigenvalue weighted by molar-refractivity contribution is -0.123. The highest BCUT2D eigenvalue weighted by Gasteiger charge is 2.37. The number of amides is 2. The summed E-state index contributed by atoms with van der Waals surface area (Å²) in [5.74, 6) is -0.494. The van der Waals surface area contributed by atoms with Crippen molar-refractivity contribution in [2.24, 2.45) is 11.7 Å². The van der Waals surface area contributed by atoms with Gasteiger partial charge < -0.3 is 15.7 Å². The normalized spacial score (nSPS) is 25.4. The van der Waals surface area contributed by atoms with Gasteiger partial charge in [0.05, 0.1) is 0 Å². The van der Waals surface area contributed by atoms with Gasteiger partial charge in [0.15, 0.2) is 0 Å². The summed E-state index contributed by atoms with van der Waals surface area (Å²) in [5.41, 5.74) is 4.86. The molecule has 5 nitrogen and oxygen atoms in total. The molecule has 5 heteroatoms. The maximum atomic E-state index is 11.3. The summed E-state index contributed by atoms with van der Waals surface area (Å²) in [5, 5.41) is 9.30. The van der Waals surface area contributed by atoms with Crippen molar-refractivity contribution in [1.29, 1.82) is 0 Å². The SMILES string of the molecule is CC(C)(C)N(C(=O)O)[C@@H]1CCC[C@@H](C(N)=O)C1. The maximum absolute atomic E-state index is 11.3. The molecule has 0 heterocycles. The molecule has 0 spiro atoms. The van der Waals surface area contributed by atoms with Gasteiger partial charge in [0.2, 0.25) is 5.91 Å². The van der Waals surface area contributed by atoms with Gasteiger partial charge in [-0.2, -0.15) is 0 Å². The van der Waals surface area contributed by atoms with Gasteiger partial charge in [-0.15, -0.1) is 0 Å². The van der Waals surface area contributed by atoms with Crippen LogP contribution >= 0.6 is 0 Å². The lowest BCUT2D eigenvalue weighted by Crippen LogP contribution is -2.53. The molecule has 1 aliphatic rings. The predicted octanol–water partition coefficient (Wildman–Crippen LogP) is 1.81. The maximum Gasteiger partial charge on any atom is 0.407 e. The van der Waals surface area contributed by atoms with Crippen molar-refractivity contribution in [1.82, 2.24) is 4.90 Å². The van der Waals surface area contributed by atoms with Crippen LogP contribution in [0.4, 0.5) is 4.79 Å². The molecule has 0 aliphatic heterocycles. The predicted molar refractivity (Wildman–Crippen MR) is 64.6 cm³/mol. The van der Waals surface area contributed by atoms with E-state index in [1.165, 1.54) is 4.90 Å². The van der Waals surface area contributed by atoms with E-state index in [0.717, 1.165) is 19.3 Å². The standard InChI is InChI=1S/C12H22N2O3/c1-12(2,3)14(11(16)17)9-6-4-5-8(7-9)10(13)15/h8-9H,4-7H2,1-3H3,(H2,13,15)(H,16,17)/t8-,9-/m1/s1. The fraction of sp³-hybridized carbons (Fsp3) is 0.833. The summed E-state index contributed by atoms with van der Waals surface area (Å²) in [4.78, 5) is 24.0. The zero-order valence-electron chi connectivity index (χ0n) is 10.8. The van der Waals surface area contributed by atoms with Crippen LogP contribution in [0.15, 0.2) is 0 Å². The molecule has 3 N–H and O–H groups in total. The van der Waals surface area contributed by atoms with Gasteiger partial charge in [0.1, 0.15) is 0 Å². The smallest absolute Gasteiger partial charge is 0.407 e. The average Bonchev–Trinajstić information content (AvgIpc) is 2.15. The Hall–Kier alpha value is -1.26. The van der Waals surface area contributed by atoms with Gasteiger partial charge in [-0.25, -0.2) is 4.79 Å². The molecular weight excluding hydrogens is 220 g/mol. The Morgan fingerprint density at radius 2 is 1.88 bits per heavy atom.